The number of carbonyl (C=O) groups excluding carboxylic acids is 1. The average molecular weight is 362 g/mol. The van der Waals surface area contributed by atoms with Gasteiger partial charge in [0.15, 0.2) is 0 Å². The van der Waals surface area contributed by atoms with Gasteiger partial charge in [-0.05, 0) is 35.1 Å². The van der Waals surface area contributed by atoms with E-state index in [1.807, 2.05) is 35.7 Å². The number of carbonyl (C=O) groups is 1. The first kappa shape index (κ1) is 16.5. The van der Waals surface area contributed by atoms with Gasteiger partial charge in [-0.2, -0.15) is 0 Å². The molecule has 2 aromatic carbocycles. The van der Waals surface area contributed by atoms with Crippen molar-refractivity contribution in [3.63, 3.8) is 0 Å². The number of aryl methyl sites for hydroxylation is 1. The second-order valence-corrected chi connectivity index (χ2v) is 6.67. The number of amides is 1. The van der Waals surface area contributed by atoms with Crippen molar-refractivity contribution in [2.45, 2.75) is 19.4 Å². The Morgan fingerprint density at radius 1 is 1.08 bits per heavy atom. The number of aromatic amines is 1. The molecule has 0 aliphatic carbocycles. The van der Waals surface area contributed by atoms with Crippen LogP contribution in [-0.4, -0.2) is 20.5 Å². The lowest BCUT2D eigenvalue weighted by molar-refractivity contribution is -0.121. The lowest BCUT2D eigenvalue weighted by atomic mass is 10.0. The highest BCUT2D eigenvalue weighted by Gasteiger charge is 2.14. The van der Waals surface area contributed by atoms with Gasteiger partial charge in [-0.15, -0.1) is 5.10 Å². The van der Waals surface area contributed by atoms with Gasteiger partial charge in [0.2, 0.25) is 5.91 Å². The highest BCUT2D eigenvalue weighted by molar-refractivity contribution is 7.03. The molecule has 2 N–H and O–H groups in total. The second kappa shape index (κ2) is 7.49. The normalized spacial score (nSPS) is 10.9. The van der Waals surface area contributed by atoms with Gasteiger partial charge in [0.05, 0.1) is 12.2 Å². The van der Waals surface area contributed by atoms with Crippen LogP contribution in [0.25, 0.3) is 22.2 Å². The number of nitrogens with one attached hydrogen (secondary N) is 2. The SMILES string of the molecule is O=C(CCc1c(-c2ccccc2)[nH]c2ccccc12)NCc1csnn1. The highest BCUT2D eigenvalue weighted by atomic mass is 32.1. The Kier molecular flexibility index (Phi) is 4.75. The summed E-state index contributed by atoms with van der Waals surface area (Å²) in [6, 6.07) is 18.5. The fourth-order valence-electron chi connectivity index (χ4n) is 3.09. The maximum absolute atomic E-state index is 12.3. The molecule has 5 nitrogen and oxygen atoms in total. The molecule has 0 atom stereocenters. The van der Waals surface area contributed by atoms with Crippen LogP contribution in [0.1, 0.15) is 17.7 Å². The lowest BCUT2D eigenvalue weighted by Gasteiger charge is -2.06. The van der Waals surface area contributed by atoms with Gasteiger partial charge in [-0.25, -0.2) is 0 Å². The molecule has 2 heterocycles. The van der Waals surface area contributed by atoms with Crippen molar-refractivity contribution < 1.29 is 4.79 Å². The van der Waals surface area contributed by atoms with Gasteiger partial charge in [0.1, 0.15) is 0 Å². The summed E-state index contributed by atoms with van der Waals surface area (Å²) in [6.07, 6.45) is 1.11. The predicted molar refractivity (Wildman–Crippen MR) is 104 cm³/mol. The number of hydrogen-bond donors (Lipinski definition) is 2. The fourth-order valence-corrected chi connectivity index (χ4v) is 3.54. The van der Waals surface area contributed by atoms with Crippen molar-refractivity contribution in [3.05, 3.63) is 71.2 Å². The maximum atomic E-state index is 12.3. The highest BCUT2D eigenvalue weighted by Crippen LogP contribution is 2.31. The first-order valence-corrected chi connectivity index (χ1v) is 9.32. The molecule has 4 aromatic rings. The predicted octanol–water partition coefficient (Wildman–Crippen LogP) is 3.94. The van der Waals surface area contributed by atoms with Crippen LogP contribution in [0.15, 0.2) is 60.0 Å². The molecule has 4 rings (SSSR count). The second-order valence-electron chi connectivity index (χ2n) is 6.06. The first-order valence-electron chi connectivity index (χ1n) is 8.49. The van der Waals surface area contributed by atoms with Crippen LogP contribution in [-0.2, 0) is 17.8 Å². The summed E-state index contributed by atoms with van der Waals surface area (Å²) in [5, 5.41) is 9.86. The lowest BCUT2D eigenvalue weighted by Crippen LogP contribution is -2.23. The van der Waals surface area contributed by atoms with E-state index in [4.69, 9.17) is 0 Å². The third kappa shape index (κ3) is 3.50. The number of fused-ring (bicyclic) bond motifs is 1. The Morgan fingerprint density at radius 3 is 2.69 bits per heavy atom. The summed E-state index contributed by atoms with van der Waals surface area (Å²) in [7, 11) is 0. The van der Waals surface area contributed by atoms with Crippen LogP contribution in [0, 0.1) is 0 Å². The minimum Gasteiger partial charge on any atom is -0.354 e. The van der Waals surface area contributed by atoms with Gasteiger partial charge in [0.25, 0.3) is 0 Å². The van der Waals surface area contributed by atoms with Crippen LogP contribution in [0.5, 0.6) is 0 Å². The molecule has 0 unspecified atom stereocenters. The molecule has 0 saturated heterocycles. The summed E-state index contributed by atoms with van der Waals surface area (Å²) in [6.45, 7) is 0.425. The molecule has 6 heteroatoms. The van der Waals surface area contributed by atoms with Crippen molar-refractivity contribution in [3.8, 4) is 11.3 Å². The summed E-state index contributed by atoms with van der Waals surface area (Å²) < 4.78 is 3.80. The largest absolute Gasteiger partial charge is 0.354 e. The summed E-state index contributed by atoms with van der Waals surface area (Å²) >= 11 is 1.29. The molecule has 0 saturated carbocycles. The van der Waals surface area contributed by atoms with Gasteiger partial charge >= 0.3 is 0 Å². The zero-order valence-electron chi connectivity index (χ0n) is 14.1. The van der Waals surface area contributed by atoms with Crippen LogP contribution < -0.4 is 5.32 Å². The Balaban J connectivity index is 1.54. The number of para-hydroxylation sites is 1. The minimum absolute atomic E-state index is 0.0160. The Morgan fingerprint density at radius 2 is 1.88 bits per heavy atom. The van der Waals surface area contributed by atoms with Gasteiger partial charge < -0.3 is 10.3 Å². The number of benzene rings is 2. The van der Waals surface area contributed by atoms with Crippen LogP contribution >= 0.6 is 11.5 Å². The molecule has 0 aliphatic rings. The van der Waals surface area contributed by atoms with E-state index in [-0.39, 0.29) is 5.91 Å². The number of nitrogens with zero attached hydrogens (tertiary/aromatic N) is 2. The van der Waals surface area contributed by atoms with E-state index < -0.39 is 0 Å². The standard InChI is InChI=1S/C20H18N4OS/c25-19(21-12-15-13-26-24-23-15)11-10-17-16-8-4-5-9-18(16)22-20(17)14-6-2-1-3-7-14/h1-9,13,22H,10-12H2,(H,21,25). The zero-order valence-corrected chi connectivity index (χ0v) is 14.9. The van der Waals surface area contributed by atoms with Crippen molar-refractivity contribution >= 4 is 28.3 Å². The van der Waals surface area contributed by atoms with Crippen molar-refractivity contribution in [1.82, 2.24) is 19.9 Å². The minimum atomic E-state index is 0.0160. The van der Waals surface area contributed by atoms with Crippen molar-refractivity contribution in [2.75, 3.05) is 0 Å². The van der Waals surface area contributed by atoms with Crippen LogP contribution in [0.2, 0.25) is 0 Å². The Bertz CT molecular complexity index is 1010. The number of hydrogen-bond acceptors (Lipinski definition) is 4. The Hall–Kier alpha value is -2.99. The quantitative estimate of drug-likeness (QED) is 0.546. The van der Waals surface area contributed by atoms with Gasteiger partial charge in [-0.3, -0.25) is 4.79 Å². The van der Waals surface area contributed by atoms with E-state index >= 15 is 0 Å². The molecule has 130 valence electrons. The van der Waals surface area contributed by atoms with Crippen molar-refractivity contribution in [2.24, 2.45) is 0 Å². The summed E-state index contributed by atoms with van der Waals surface area (Å²) in [5.41, 5.74) is 5.28. The monoisotopic (exact) mass is 362 g/mol. The number of aromatic nitrogens is 3. The van der Waals surface area contributed by atoms with Gasteiger partial charge in [0, 0.05) is 28.4 Å². The van der Waals surface area contributed by atoms with E-state index in [1.165, 1.54) is 22.5 Å². The number of H-pyrrole nitrogens is 1. The topological polar surface area (TPSA) is 70.7 Å². The fraction of sp³-hybridized carbons (Fsp3) is 0.150. The molecule has 26 heavy (non-hydrogen) atoms. The molecule has 0 radical (unpaired) electrons. The summed E-state index contributed by atoms with van der Waals surface area (Å²) in [4.78, 5) is 15.8. The third-order valence-corrected chi connectivity index (χ3v) is 4.90. The molecular formula is C20H18N4OS. The maximum Gasteiger partial charge on any atom is 0.220 e. The zero-order chi connectivity index (χ0) is 17.8. The molecule has 1 amide bonds. The van der Waals surface area contributed by atoms with E-state index in [9.17, 15) is 4.79 Å². The molecule has 0 bridgehead atoms. The Labute approximate surface area is 155 Å². The first-order chi connectivity index (χ1) is 12.8. The number of rotatable bonds is 6. The third-order valence-electron chi connectivity index (χ3n) is 4.35. The van der Waals surface area contributed by atoms with Crippen LogP contribution in [0.3, 0.4) is 0 Å². The van der Waals surface area contributed by atoms with Crippen LogP contribution in [0.4, 0.5) is 0 Å². The van der Waals surface area contributed by atoms with E-state index in [0.717, 1.165) is 22.5 Å². The van der Waals surface area contributed by atoms with E-state index in [0.29, 0.717) is 19.4 Å². The van der Waals surface area contributed by atoms with E-state index in [2.05, 4.69) is 44.2 Å². The average Bonchev–Trinajstić information content (AvgIpc) is 3.33. The molecule has 0 aliphatic heterocycles. The smallest absolute Gasteiger partial charge is 0.220 e. The molecular weight excluding hydrogens is 344 g/mol. The summed E-state index contributed by atoms with van der Waals surface area (Å²) in [5.74, 6) is 0.0160. The molecule has 2 aromatic heterocycles. The molecule has 0 fully saturated rings. The molecule has 0 spiro atoms. The van der Waals surface area contributed by atoms with Gasteiger partial charge in [-0.1, -0.05) is 53.0 Å². The van der Waals surface area contributed by atoms with Crippen molar-refractivity contribution in [1.29, 1.82) is 0 Å². The van der Waals surface area contributed by atoms with E-state index in [1.54, 1.807) is 0 Å².